The van der Waals surface area contributed by atoms with Crippen molar-refractivity contribution < 1.29 is 60.8 Å². The molecule has 0 bridgehead atoms. The molecule has 1 aromatic heterocycles. The van der Waals surface area contributed by atoms with Crippen molar-refractivity contribution in [1.29, 1.82) is 0 Å². The second-order valence-electron chi connectivity index (χ2n) is 16.8. The Kier molecular flexibility index (Phi) is 28.5. The second-order valence-corrected chi connectivity index (χ2v) is 18.9. The lowest BCUT2D eigenvalue weighted by atomic mass is 10.1. The molecule has 0 saturated heterocycles. The van der Waals surface area contributed by atoms with E-state index in [2.05, 4.69) is 40.6 Å². The average Bonchev–Trinajstić information content (AvgIpc) is 3.70. The first-order chi connectivity index (χ1) is 36.0. The van der Waals surface area contributed by atoms with Gasteiger partial charge in [-0.1, -0.05) is 40.1 Å². The predicted molar refractivity (Wildman–Crippen MR) is 277 cm³/mol. The summed E-state index contributed by atoms with van der Waals surface area (Å²) in [6.45, 7) is 7.43. The second kappa shape index (κ2) is 35.0. The zero-order valence-corrected chi connectivity index (χ0v) is 43.2. The minimum Gasteiger partial charge on any atom is -0.445 e. The van der Waals surface area contributed by atoms with Gasteiger partial charge < -0.3 is 53.7 Å². The monoisotopic (exact) mass is 1050 g/mol. The lowest BCUT2D eigenvalue weighted by Gasteiger charge is -2.18. The molecule has 0 spiro atoms. The largest absolute Gasteiger partial charge is 0.445 e. The van der Waals surface area contributed by atoms with Gasteiger partial charge in [0.15, 0.2) is 9.84 Å². The third kappa shape index (κ3) is 22.4. The molecular formula is C50H70N10O13S. The van der Waals surface area contributed by atoms with Crippen LogP contribution in [-0.4, -0.2) is 161 Å². The fourth-order valence-electron chi connectivity index (χ4n) is 7.56. The standard InChI is InChI=1S/C50H70N10O13S/c1-38-10-14-43(15-11-38)74(65,66)37-42(73-50(64)53-2)9-4-3-7-41(61)8-5-6-22-60-46-35-39(48(62)54-18-23-67-27-31-71-33-29-69-25-20-56-58-51)12-16-44(46)45-17-13-40(36-47(45)60)49(63)55-19-24-68-28-32-72-34-30-70-26-21-57-59-52/h10-17,35-36,42H,3-9,18-34,37H2,1-2H3,(H,53,64)(H,54,62)(H,55,63). The molecule has 74 heavy (non-hydrogen) atoms. The van der Waals surface area contributed by atoms with Gasteiger partial charge in [-0.05, 0) is 86.5 Å². The van der Waals surface area contributed by atoms with E-state index < -0.39 is 22.0 Å². The fraction of sp³-hybridized carbons (Fsp3) is 0.560. The Morgan fingerprint density at radius 3 is 1.55 bits per heavy atom. The first-order valence-electron chi connectivity index (χ1n) is 24.8. The van der Waals surface area contributed by atoms with E-state index in [4.69, 9.17) is 44.2 Å². The minimum absolute atomic E-state index is 0.0594. The lowest BCUT2D eigenvalue weighted by molar-refractivity contribution is -0.119. The molecule has 3 aromatic carbocycles. The molecule has 4 aromatic rings. The number of hydrogen-bond donors (Lipinski definition) is 3. The predicted octanol–water partition coefficient (Wildman–Crippen LogP) is 6.78. The van der Waals surface area contributed by atoms with Crippen molar-refractivity contribution in [2.24, 2.45) is 10.2 Å². The van der Waals surface area contributed by atoms with Crippen LogP contribution in [0.5, 0.6) is 0 Å². The maximum atomic E-state index is 13.4. The topological polar surface area (TPSA) is 306 Å². The zero-order chi connectivity index (χ0) is 53.2. The number of carbonyl (C=O) groups is 4. The molecule has 0 saturated carbocycles. The summed E-state index contributed by atoms with van der Waals surface area (Å²) >= 11 is 0. The number of benzene rings is 3. The number of unbranched alkanes of at least 4 members (excludes halogenated alkanes) is 2. The molecule has 404 valence electrons. The molecular weight excluding hydrogens is 981 g/mol. The van der Waals surface area contributed by atoms with Gasteiger partial charge in [0.1, 0.15) is 11.9 Å². The summed E-state index contributed by atoms with van der Waals surface area (Å²) in [5.41, 5.74) is 20.0. The quantitative estimate of drug-likeness (QED) is 0.0179. The van der Waals surface area contributed by atoms with Crippen molar-refractivity contribution >= 4 is 55.3 Å². The van der Waals surface area contributed by atoms with E-state index >= 15 is 0 Å². The molecule has 0 aliphatic rings. The van der Waals surface area contributed by atoms with Crippen LogP contribution >= 0.6 is 0 Å². The smallest absolute Gasteiger partial charge is 0.407 e. The van der Waals surface area contributed by atoms with E-state index in [-0.39, 0.29) is 80.5 Å². The van der Waals surface area contributed by atoms with Gasteiger partial charge in [-0.25, -0.2) is 13.2 Å². The van der Waals surface area contributed by atoms with Crippen LogP contribution in [0.1, 0.15) is 71.2 Å². The van der Waals surface area contributed by atoms with Gasteiger partial charge in [0, 0.05) is 95.4 Å². The normalized spacial score (nSPS) is 11.7. The number of carbonyl (C=O) groups excluding carboxylic acids is 4. The van der Waals surface area contributed by atoms with Crippen LogP contribution in [0.4, 0.5) is 4.79 Å². The highest BCUT2D eigenvalue weighted by Gasteiger charge is 2.24. The third-order valence-electron chi connectivity index (χ3n) is 11.3. The highest BCUT2D eigenvalue weighted by Crippen LogP contribution is 2.31. The minimum atomic E-state index is -3.73. The van der Waals surface area contributed by atoms with Gasteiger partial charge in [0.25, 0.3) is 11.8 Å². The Morgan fingerprint density at radius 2 is 1.08 bits per heavy atom. The maximum absolute atomic E-state index is 13.4. The summed E-state index contributed by atoms with van der Waals surface area (Å²) in [5, 5.41) is 16.8. The van der Waals surface area contributed by atoms with E-state index in [0.717, 1.165) is 27.4 Å². The molecule has 0 fully saturated rings. The molecule has 1 heterocycles. The van der Waals surface area contributed by atoms with Crippen molar-refractivity contribution in [3.8, 4) is 0 Å². The number of alkyl carbamates (subject to hydrolysis) is 1. The van der Waals surface area contributed by atoms with Crippen molar-refractivity contribution in [2.75, 3.05) is 118 Å². The maximum Gasteiger partial charge on any atom is 0.407 e. The number of ketones is 1. The highest BCUT2D eigenvalue weighted by molar-refractivity contribution is 7.91. The number of amides is 3. The van der Waals surface area contributed by atoms with Crippen molar-refractivity contribution in [1.82, 2.24) is 20.5 Å². The number of nitrogens with zero attached hydrogens (tertiary/aromatic N) is 7. The third-order valence-corrected chi connectivity index (χ3v) is 13.1. The van der Waals surface area contributed by atoms with Gasteiger partial charge in [-0.15, -0.1) is 0 Å². The Hall–Kier alpha value is -6.33. The molecule has 23 nitrogen and oxygen atoms in total. The zero-order valence-electron chi connectivity index (χ0n) is 42.4. The van der Waals surface area contributed by atoms with Crippen molar-refractivity contribution in [2.45, 2.75) is 69.4 Å². The number of Topliss-reactive ketones (excluding diaryl/α,β-unsaturated/α-hetero) is 1. The number of rotatable bonds is 40. The Bertz CT molecular complexity index is 2470. The number of nitrogens with one attached hydrogen (secondary N) is 3. The van der Waals surface area contributed by atoms with Crippen LogP contribution in [-0.2, 0) is 54.3 Å². The molecule has 3 amide bonds. The van der Waals surface area contributed by atoms with Crippen LogP contribution < -0.4 is 16.0 Å². The first kappa shape index (κ1) is 60.2. The van der Waals surface area contributed by atoms with Crippen LogP contribution in [0.2, 0.25) is 0 Å². The number of aryl methyl sites for hydroxylation is 2. The molecule has 3 N–H and O–H groups in total. The van der Waals surface area contributed by atoms with Crippen LogP contribution in [0.15, 0.2) is 75.8 Å². The summed E-state index contributed by atoms with van der Waals surface area (Å²) in [6.07, 6.45) is 1.44. The van der Waals surface area contributed by atoms with Gasteiger partial charge in [-0.3, -0.25) is 14.4 Å². The fourth-order valence-corrected chi connectivity index (χ4v) is 9.03. The number of ether oxygens (including phenoxy) is 7. The summed E-state index contributed by atoms with van der Waals surface area (Å²) in [6, 6.07) is 17.4. The van der Waals surface area contributed by atoms with Gasteiger partial charge in [0.2, 0.25) is 0 Å². The molecule has 1 unspecified atom stereocenters. The number of azide groups is 2. The SMILES string of the molecule is CNC(=O)OC(CCCCC(=O)CCCCn1c2cc(C(=O)NCCOCCOCCOCCN=[N+]=[N-])ccc2c2ccc(C(=O)NCCOCCOCCOCCN=[N+]=[N-])cc21)CS(=O)(=O)c1ccc(C)cc1. The van der Waals surface area contributed by atoms with Crippen LogP contribution in [0, 0.1) is 6.92 Å². The van der Waals surface area contributed by atoms with E-state index in [1.54, 1.807) is 24.3 Å². The summed E-state index contributed by atoms with van der Waals surface area (Å²) in [5.74, 6) is -0.883. The lowest BCUT2D eigenvalue weighted by Crippen LogP contribution is -2.31. The van der Waals surface area contributed by atoms with E-state index in [1.807, 2.05) is 31.2 Å². The molecule has 24 heteroatoms. The van der Waals surface area contributed by atoms with Crippen molar-refractivity contribution in [3.05, 3.63) is 98.2 Å². The summed E-state index contributed by atoms with van der Waals surface area (Å²) in [7, 11) is -2.33. The molecule has 0 aliphatic carbocycles. The Morgan fingerprint density at radius 1 is 0.622 bits per heavy atom. The average molecular weight is 1050 g/mol. The first-order valence-corrected chi connectivity index (χ1v) is 26.4. The number of sulfone groups is 1. The summed E-state index contributed by atoms with van der Waals surface area (Å²) < 4.78 is 66.5. The van der Waals surface area contributed by atoms with E-state index in [9.17, 15) is 27.6 Å². The Balaban J connectivity index is 1.32. The molecule has 4 rings (SSSR count). The van der Waals surface area contributed by atoms with Gasteiger partial charge in [0.05, 0.1) is 89.9 Å². The van der Waals surface area contributed by atoms with Gasteiger partial charge >= 0.3 is 6.09 Å². The number of hydrogen-bond acceptors (Lipinski definition) is 15. The van der Waals surface area contributed by atoms with Crippen molar-refractivity contribution in [3.63, 3.8) is 0 Å². The highest BCUT2D eigenvalue weighted by atomic mass is 32.2. The van der Waals surface area contributed by atoms with E-state index in [0.29, 0.717) is 116 Å². The number of aromatic nitrogens is 1. The summed E-state index contributed by atoms with van der Waals surface area (Å²) in [4.78, 5) is 57.4. The van der Waals surface area contributed by atoms with E-state index in [1.165, 1.54) is 19.2 Å². The number of fused-ring (bicyclic) bond motifs is 3. The van der Waals surface area contributed by atoms with Gasteiger partial charge in [-0.2, -0.15) is 0 Å². The van der Waals surface area contributed by atoms with Crippen LogP contribution in [0.25, 0.3) is 42.7 Å². The van der Waals surface area contributed by atoms with Crippen LogP contribution in [0.3, 0.4) is 0 Å². The molecule has 0 radical (unpaired) electrons. The molecule has 0 aliphatic heterocycles. The Labute approximate surface area is 431 Å². The molecule has 1 atom stereocenters.